The molecule has 160 valence electrons. The fourth-order valence-electron chi connectivity index (χ4n) is 3.32. The molecule has 0 N–H and O–H groups in total. The number of hydrogen-bond acceptors (Lipinski definition) is 10. The standard InChI is InChI=1S/C18H13N3O10/c1-30-14(22)7-13(18(25)31-2)19-16(23)11-5-9(20(26)27)3-8-4-10(21(28)29)6-12(15(8)11)17(19)24/h3-6,13H,7H2,1-2H3/t13-/m0/s1. The van der Waals surface area contributed by atoms with E-state index in [9.17, 15) is 39.4 Å². The Labute approximate surface area is 172 Å². The molecule has 0 aromatic heterocycles. The summed E-state index contributed by atoms with van der Waals surface area (Å²) in [7, 11) is 2.00. The molecule has 13 heteroatoms. The third-order valence-corrected chi connectivity index (χ3v) is 4.71. The molecule has 0 saturated heterocycles. The number of rotatable bonds is 6. The van der Waals surface area contributed by atoms with E-state index >= 15 is 0 Å². The molecule has 2 aromatic carbocycles. The van der Waals surface area contributed by atoms with Crippen molar-refractivity contribution in [1.82, 2.24) is 4.90 Å². The number of methoxy groups -OCH3 is 2. The number of nitrogens with zero attached hydrogens (tertiary/aromatic N) is 3. The first-order valence-corrected chi connectivity index (χ1v) is 8.53. The van der Waals surface area contributed by atoms with Crippen LogP contribution in [-0.2, 0) is 19.1 Å². The van der Waals surface area contributed by atoms with E-state index in [1.54, 1.807) is 0 Å². The predicted molar refractivity (Wildman–Crippen MR) is 100 cm³/mol. The summed E-state index contributed by atoms with van der Waals surface area (Å²) in [6.07, 6.45) is -0.747. The summed E-state index contributed by atoms with van der Waals surface area (Å²) in [5.41, 5.74) is -1.77. The highest BCUT2D eigenvalue weighted by Crippen LogP contribution is 2.37. The van der Waals surface area contributed by atoms with E-state index in [4.69, 9.17) is 0 Å². The van der Waals surface area contributed by atoms with Crippen LogP contribution < -0.4 is 0 Å². The lowest BCUT2D eigenvalue weighted by Gasteiger charge is -2.31. The van der Waals surface area contributed by atoms with E-state index in [1.165, 1.54) is 0 Å². The van der Waals surface area contributed by atoms with E-state index in [-0.39, 0.29) is 21.9 Å². The minimum absolute atomic E-state index is 0.0378. The van der Waals surface area contributed by atoms with Crippen LogP contribution in [0, 0.1) is 20.2 Å². The van der Waals surface area contributed by atoms with Crippen molar-refractivity contribution < 1.29 is 38.5 Å². The van der Waals surface area contributed by atoms with Gasteiger partial charge in [-0.25, -0.2) is 4.79 Å². The van der Waals surface area contributed by atoms with Gasteiger partial charge in [0.05, 0.1) is 41.6 Å². The first-order chi connectivity index (χ1) is 14.6. The van der Waals surface area contributed by atoms with Gasteiger partial charge in [0.15, 0.2) is 0 Å². The molecule has 1 atom stereocenters. The Morgan fingerprint density at radius 1 is 0.935 bits per heavy atom. The lowest BCUT2D eigenvalue weighted by Crippen LogP contribution is -2.51. The maximum Gasteiger partial charge on any atom is 0.329 e. The molecule has 13 nitrogen and oxygen atoms in total. The van der Waals surface area contributed by atoms with Gasteiger partial charge in [-0.2, -0.15) is 0 Å². The van der Waals surface area contributed by atoms with Gasteiger partial charge in [-0.05, 0) is 5.39 Å². The zero-order valence-electron chi connectivity index (χ0n) is 16.0. The van der Waals surface area contributed by atoms with Crippen molar-refractivity contribution >= 4 is 45.9 Å². The summed E-state index contributed by atoms with van der Waals surface area (Å²) < 4.78 is 9.07. The van der Waals surface area contributed by atoms with Gasteiger partial charge in [0, 0.05) is 29.7 Å². The number of carbonyl (C=O) groups is 4. The molecule has 1 heterocycles. The minimum Gasteiger partial charge on any atom is -0.469 e. The molecule has 0 fully saturated rings. The Morgan fingerprint density at radius 3 is 1.81 bits per heavy atom. The average Bonchev–Trinajstić information content (AvgIpc) is 2.74. The summed E-state index contributed by atoms with van der Waals surface area (Å²) in [4.78, 5) is 71.7. The summed E-state index contributed by atoms with van der Waals surface area (Å²) in [5, 5.41) is 22.5. The number of esters is 2. The first-order valence-electron chi connectivity index (χ1n) is 8.53. The van der Waals surface area contributed by atoms with Gasteiger partial charge in [-0.1, -0.05) is 0 Å². The number of hydrogen-bond donors (Lipinski definition) is 0. The Bertz CT molecular complexity index is 1120. The van der Waals surface area contributed by atoms with Crippen LogP contribution in [-0.4, -0.2) is 58.8 Å². The van der Waals surface area contributed by atoms with E-state index < -0.39 is 57.4 Å². The van der Waals surface area contributed by atoms with Gasteiger partial charge in [0.1, 0.15) is 6.04 Å². The van der Waals surface area contributed by atoms with Crippen LogP contribution in [0.5, 0.6) is 0 Å². The van der Waals surface area contributed by atoms with Crippen molar-refractivity contribution in [1.29, 1.82) is 0 Å². The zero-order chi connectivity index (χ0) is 23.0. The van der Waals surface area contributed by atoms with Crippen molar-refractivity contribution in [2.45, 2.75) is 12.5 Å². The second-order valence-corrected chi connectivity index (χ2v) is 6.40. The zero-order valence-corrected chi connectivity index (χ0v) is 16.0. The molecule has 1 aliphatic heterocycles. The number of imide groups is 1. The Hall–Kier alpha value is -4.42. The van der Waals surface area contributed by atoms with Crippen molar-refractivity contribution in [2.24, 2.45) is 0 Å². The Morgan fingerprint density at radius 2 is 1.42 bits per heavy atom. The lowest BCUT2D eigenvalue weighted by atomic mass is 9.91. The third kappa shape index (κ3) is 3.52. The van der Waals surface area contributed by atoms with Crippen molar-refractivity contribution in [3.05, 3.63) is 55.6 Å². The highest BCUT2D eigenvalue weighted by atomic mass is 16.6. The molecule has 0 bridgehead atoms. The molecule has 0 aliphatic carbocycles. The van der Waals surface area contributed by atoms with Gasteiger partial charge >= 0.3 is 11.9 Å². The van der Waals surface area contributed by atoms with E-state index in [1.807, 2.05) is 0 Å². The highest BCUT2D eigenvalue weighted by Gasteiger charge is 2.43. The molecule has 0 spiro atoms. The normalized spacial score (nSPS) is 13.7. The number of non-ortho nitro benzene ring substituents is 2. The van der Waals surface area contributed by atoms with Gasteiger partial charge in [-0.15, -0.1) is 0 Å². The summed E-state index contributed by atoms with van der Waals surface area (Å²) >= 11 is 0. The number of carbonyl (C=O) groups excluding carboxylic acids is 4. The van der Waals surface area contributed by atoms with Gasteiger partial charge in [0.25, 0.3) is 23.2 Å². The van der Waals surface area contributed by atoms with Crippen LogP contribution in [0.15, 0.2) is 24.3 Å². The third-order valence-electron chi connectivity index (χ3n) is 4.71. The summed E-state index contributed by atoms with van der Waals surface area (Å²) in [6, 6.07) is 2.03. The van der Waals surface area contributed by atoms with Crippen LogP contribution in [0.3, 0.4) is 0 Å². The molecule has 2 amide bonds. The van der Waals surface area contributed by atoms with Crippen LogP contribution in [0.1, 0.15) is 27.1 Å². The van der Waals surface area contributed by atoms with E-state index in [0.29, 0.717) is 4.90 Å². The number of benzene rings is 2. The molecule has 1 aliphatic rings. The predicted octanol–water partition coefficient (Wildman–Crippen LogP) is 1.36. The van der Waals surface area contributed by atoms with Gasteiger partial charge in [0.2, 0.25) is 0 Å². The van der Waals surface area contributed by atoms with Crippen LogP contribution in [0.2, 0.25) is 0 Å². The van der Waals surface area contributed by atoms with Gasteiger partial charge in [-0.3, -0.25) is 39.5 Å². The van der Waals surface area contributed by atoms with Crippen LogP contribution in [0.25, 0.3) is 10.8 Å². The molecular weight excluding hydrogens is 418 g/mol. The number of nitro benzene ring substituents is 2. The van der Waals surface area contributed by atoms with E-state index in [0.717, 1.165) is 38.5 Å². The maximum absolute atomic E-state index is 13.1. The van der Waals surface area contributed by atoms with Crippen molar-refractivity contribution in [2.75, 3.05) is 14.2 Å². The van der Waals surface area contributed by atoms with Crippen LogP contribution in [0.4, 0.5) is 11.4 Å². The second kappa shape index (κ2) is 7.78. The second-order valence-electron chi connectivity index (χ2n) is 6.40. The summed E-state index contributed by atoms with van der Waals surface area (Å²) in [6.45, 7) is 0. The topological polar surface area (TPSA) is 176 Å². The molecule has 0 radical (unpaired) electrons. The molecule has 3 rings (SSSR count). The molecule has 31 heavy (non-hydrogen) atoms. The number of ether oxygens (including phenoxy) is 2. The van der Waals surface area contributed by atoms with Crippen LogP contribution >= 0.6 is 0 Å². The number of amides is 2. The number of nitro groups is 2. The first kappa shape index (κ1) is 21.3. The lowest BCUT2D eigenvalue weighted by molar-refractivity contribution is -0.385. The molecule has 0 unspecified atom stereocenters. The Kier molecular flexibility index (Phi) is 5.34. The quantitative estimate of drug-likeness (QED) is 0.281. The van der Waals surface area contributed by atoms with Crippen molar-refractivity contribution in [3.8, 4) is 0 Å². The molecular formula is C18H13N3O10. The largest absolute Gasteiger partial charge is 0.469 e. The molecule has 0 saturated carbocycles. The summed E-state index contributed by atoms with van der Waals surface area (Å²) in [5.74, 6) is -4.26. The minimum atomic E-state index is -1.75. The monoisotopic (exact) mass is 431 g/mol. The SMILES string of the molecule is COC(=O)C[C@@H](C(=O)OC)N1C(=O)c2cc([N+](=O)[O-])cc3cc([N+](=O)[O-])cc(c23)C1=O. The smallest absolute Gasteiger partial charge is 0.329 e. The van der Waals surface area contributed by atoms with Crippen molar-refractivity contribution in [3.63, 3.8) is 0 Å². The maximum atomic E-state index is 13.1. The fraction of sp³-hybridized carbons (Fsp3) is 0.222. The van der Waals surface area contributed by atoms with Gasteiger partial charge < -0.3 is 9.47 Å². The highest BCUT2D eigenvalue weighted by molar-refractivity contribution is 6.27. The van der Waals surface area contributed by atoms with E-state index in [2.05, 4.69) is 9.47 Å². The fourth-order valence-corrected chi connectivity index (χ4v) is 3.32. The Balaban J connectivity index is 2.31. The average molecular weight is 431 g/mol. The molecule has 2 aromatic rings.